The molecule has 0 aliphatic carbocycles. The second-order valence-electron chi connectivity index (χ2n) is 3.81. The summed E-state index contributed by atoms with van der Waals surface area (Å²) in [6.07, 6.45) is 2.93. The Balaban J connectivity index is 1.83. The average molecular weight is 261 g/mol. The lowest BCUT2D eigenvalue weighted by Crippen LogP contribution is -2.12. The number of amides is 1. The highest BCUT2D eigenvalue weighted by molar-refractivity contribution is 7.09. The Morgan fingerprint density at radius 3 is 2.89 bits per heavy atom. The standard InChI is InChI=1S/C13H15N3OS/c1-14-12-6-4-10(9-15-12)16-13(17)7-5-11-3-2-8-18-11/h2-4,6,8-9H,5,7H2,1H3,(H,14,15)(H,16,17). The Labute approximate surface area is 110 Å². The highest BCUT2D eigenvalue weighted by atomic mass is 32.1. The molecule has 0 unspecified atom stereocenters. The van der Waals surface area contributed by atoms with E-state index in [0.717, 1.165) is 17.9 Å². The SMILES string of the molecule is CNc1ccc(NC(=O)CCc2cccs2)cn1. The molecule has 94 valence electrons. The van der Waals surface area contributed by atoms with Crippen LogP contribution >= 0.6 is 11.3 Å². The highest BCUT2D eigenvalue weighted by Crippen LogP contribution is 2.13. The first-order valence-electron chi connectivity index (χ1n) is 5.74. The van der Waals surface area contributed by atoms with Crippen molar-refractivity contribution in [1.82, 2.24) is 4.98 Å². The Morgan fingerprint density at radius 2 is 2.28 bits per heavy atom. The van der Waals surface area contributed by atoms with Crippen LogP contribution in [0.15, 0.2) is 35.8 Å². The summed E-state index contributed by atoms with van der Waals surface area (Å²) in [5.41, 5.74) is 0.727. The van der Waals surface area contributed by atoms with Crippen LogP contribution in [0.3, 0.4) is 0 Å². The van der Waals surface area contributed by atoms with Crippen molar-refractivity contribution in [3.63, 3.8) is 0 Å². The van der Waals surface area contributed by atoms with Gasteiger partial charge in [-0.05, 0) is 30.0 Å². The van der Waals surface area contributed by atoms with E-state index in [0.29, 0.717) is 6.42 Å². The monoisotopic (exact) mass is 261 g/mol. The van der Waals surface area contributed by atoms with Gasteiger partial charge in [0.2, 0.25) is 5.91 Å². The molecule has 0 atom stereocenters. The number of hydrogen-bond donors (Lipinski definition) is 2. The van der Waals surface area contributed by atoms with Crippen molar-refractivity contribution in [2.75, 3.05) is 17.7 Å². The third kappa shape index (κ3) is 3.56. The molecule has 0 spiro atoms. The van der Waals surface area contributed by atoms with E-state index in [1.165, 1.54) is 4.88 Å². The van der Waals surface area contributed by atoms with Crippen molar-refractivity contribution >= 4 is 28.7 Å². The van der Waals surface area contributed by atoms with E-state index in [1.807, 2.05) is 36.7 Å². The summed E-state index contributed by atoms with van der Waals surface area (Å²) in [5, 5.41) is 7.78. The maximum Gasteiger partial charge on any atom is 0.224 e. The predicted molar refractivity (Wildman–Crippen MR) is 75.1 cm³/mol. The zero-order valence-electron chi connectivity index (χ0n) is 10.1. The van der Waals surface area contributed by atoms with Crippen LogP contribution in [-0.4, -0.2) is 17.9 Å². The van der Waals surface area contributed by atoms with E-state index >= 15 is 0 Å². The average Bonchev–Trinajstić information content (AvgIpc) is 2.90. The largest absolute Gasteiger partial charge is 0.373 e. The summed E-state index contributed by atoms with van der Waals surface area (Å²) >= 11 is 1.68. The van der Waals surface area contributed by atoms with Gasteiger partial charge in [-0.15, -0.1) is 11.3 Å². The number of nitrogens with zero attached hydrogens (tertiary/aromatic N) is 1. The van der Waals surface area contributed by atoms with E-state index in [1.54, 1.807) is 17.5 Å². The summed E-state index contributed by atoms with van der Waals surface area (Å²) in [7, 11) is 1.81. The van der Waals surface area contributed by atoms with Gasteiger partial charge >= 0.3 is 0 Å². The number of anilines is 2. The molecule has 4 nitrogen and oxygen atoms in total. The zero-order chi connectivity index (χ0) is 12.8. The molecule has 0 aliphatic heterocycles. The van der Waals surface area contributed by atoms with Gasteiger partial charge in [-0.1, -0.05) is 6.07 Å². The van der Waals surface area contributed by atoms with Gasteiger partial charge in [0.05, 0.1) is 11.9 Å². The maximum atomic E-state index is 11.7. The molecule has 18 heavy (non-hydrogen) atoms. The van der Waals surface area contributed by atoms with Crippen molar-refractivity contribution in [3.8, 4) is 0 Å². The minimum absolute atomic E-state index is 0.0161. The molecule has 0 aliphatic rings. The second kappa shape index (κ2) is 6.16. The minimum Gasteiger partial charge on any atom is -0.373 e. The Hall–Kier alpha value is -1.88. The van der Waals surface area contributed by atoms with E-state index in [2.05, 4.69) is 15.6 Å². The number of thiophene rings is 1. The number of hydrogen-bond acceptors (Lipinski definition) is 4. The lowest BCUT2D eigenvalue weighted by Gasteiger charge is -2.05. The molecule has 0 bridgehead atoms. The fourth-order valence-electron chi connectivity index (χ4n) is 1.53. The lowest BCUT2D eigenvalue weighted by atomic mass is 10.2. The lowest BCUT2D eigenvalue weighted by molar-refractivity contribution is -0.116. The van der Waals surface area contributed by atoms with Crippen LogP contribution < -0.4 is 10.6 Å². The van der Waals surface area contributed by atoms with Gasteiger partial charge in [-0.2, -0.15) is 0 Å². The van der Waals surface area contributed by atoms with Gasteiger partial charge in [0.25, 0.3) is 0 Å². The molecule has 0 fully saturated rings. The molecule has 2 aromatic heterocycles. The number of carbonyl (C=O) groups excluding carboxylic acids is 1. The number of pyridine rings is 1. The third-order valence-corrected chi connectivity index (χ3v) is 3.42. The van der Waals surface area contributed by atoms with Gasteiger partial charge in [-0.3, -0.25) is 4.79 Å². The van der Waals surface area contributed by atoms with Crippen LogP contribution in [0.4, 0.5) is 11.5 Å². The van der Waals surface area contributed by atoms with Crippen LogP contribution in [0.5, 0.6) is 0 Å². The summed E-state index contributed by atoms with van der Waals surface area (Å²) in [5.74, 6) is 0.800. The van der Waals surface area contributed by atoms with Crippen LogP contribution in [0.1, 0.15) is 11.3 Å². The Morgan fingerprint density at radius 1 is 1.39 bits per heavy atom. The van der Waals surface area contributed by atoms with E-state index in [9.17, 15) is 4.79 Å². The normalized spacial score (nSPS) is 10.1. The third-order valence-electron chi connectivity index (χ3n) is 2.48. The molecule has 2 heterocycles. The highest BCUT2D eigenvalue weighted by Gasteiger charge is 2.04. The number of aryl methyl sites for hydroxylation is 1. The Bertz CT molecular complexity index is 493. The van der Waals surface area contributed by atoms with Crippen molar-refractivity contribution in [1.29, 1.82) is 0 Å². The smallest absolute Gasteiger partial charge is 0.224 e. The van der Waals surface area contributed by atoms with Crippen molar-refractivity contribution in [2.45, 2.75) is 12.8 Å². The van der Waals surface area contributed by atoms with E-state index in [-0.39, 0.29) is 5.91 Å². The van der Waals surface area contributed by atoms with Crippen molar-refractivity contribution < 1.29 is 4.79 Å². The molecule has 0 saturated heterocycles. The molecule has 0 aromatic carbocycles. The molecular formula is C13H15N3OS. The summed E-state index contributed by atoms with van der Waals surface area (Å²) < 4.78 is 0. The number of rotatable bonds is 5. The van der Waals surface area contributed by atoms with Gasteiger partial charge in [0.15, 0.2) is 0 Å². The topological polar surface area (TPSA) is 54.0 Å². The fraction of sp³-hybridized carbons (Fsp3) is 0.231. The summed E-state index contributed by atoms with van der Waals surface area (Å²) in [4.78, 5) is 17.1. The number of aromatic nitrogens is 1. The fourth-order valence-corrected chi connectivity index (χ4v) is 2.24. The van der Waals surface area contributed by atoms with Crippen LogP contribution in [0.25, 0.3) is 0 Å². The minimum atomic E-state index is 0.0161. The molecular weight excluding hydrogens is 246 g/mol. The molecule has 0 radical (unpaired) electrons. The summed E-state index contributed by atoms with van der Waals surface area (Å²) in [6.45, 7) is 0. The predicted octanol–water partition coefficient (Wildman–Crippen LogP) is 2.76. The summed E-state index contributed by atoms with van der Waals surface area (Å²) in [6, 6.07) is 7.70. The second-order valence-corrected chi connectivity index (χ2v) is 4.84. The van der Waals surface area contributed by atoms with Crippen LogP contribution in [-0.2, 0) is 11.2 Å². The Kier molecular flexibility index (Phi) is 4.30. The van der Waals surface area contributed by atoms with Gasteiger partial charge in [-0.25, -0.2) is 4.98 Å². The van der Waals surface area contributed by atoms with E-state index < -0.39 is 0 Å². The van der Waals surface area contributed by atoms with Crippen molar-refractivity contribution in [3.05, 3.63) is 40.7 Å². The van der Waals surface area contributed by atoms with Crippen LogP contribution in [0, 0.1) is 0 Å². The first-order chi connectivity index (χ1) is 8.78. The number of nitrogens with one attached hydrogen (secondary N) is 2. The molecule has 5 heteroatoms. The first kappa shape index (κ1) is 12.6. The number of carbonyl (C=O) groups is 1. The molecule has 2 aromatic rings. The quantitative estimate of drug-likeness (QED) is 0.870. The first-order valence-corrected chi connectivity index (χ1v) is 6.62. The van der Waals surface area contributed by atoms with Crippen LogP contribution in [0.2, 0.25) is 0 Å². The molecule has 2 N–H and O–H groups in total. The zero-order valence-corrected chi connectivity index (χ0v) is 11.0. The van der Waals surface area contributed by atoms with Gasteiger partial charge in [0.1, 0.15) is 5.82 Å². The van der Waals surface area contributed by atoms with E-state index in [4.69, 9.17) is 0 Å². The molecule has 0 saturated carbocycles. The molecule has 2 rings (SSSR count). The molecule has 1 amide bonds. The van der Waals surface area contributed by atoms with Crippen molar-refractivity contribution in [2.24, 2.45) is 0 Å². The van der Waals surface area contributed by atoms with Gasteiger partial charge in [0, 0.05) is 18.3 Å². The van der Waals surface area contributed by atoms with Gasteiger partial charge < -0.3 is 10.6 Å². The maximum absolute atomic E-state index is 11.7.